The molecule has 0 aliphatic heterocycles. The third-order valence-corrected chi connectivity index (χ3v) is 1.55. The van der Waals surface area contributed by atoms with Crippen LogP contribution in [0.3, 0.4) is 0 Å². The van der Waals surface area contributed by atoms with Crippen molar-refractivity contribution in [2.45, 2.75) is 38.8 Å². The number of nitro groups is 1. The van der Waals surface area contributed by atoms with E-state index in [1.165, 1.54) is 0 Å². The van der Waals surface area contributed by atoms with Gasteiger partial charge in [-0.2, -0.15) is 0 Å². The molecule has 0 bridgehead atoms. The van der Waals surface area contributed by atoms with E-state index in [2.05, 4.69) is 0 Å². The number of hydrogen-bond acceptors (Lipinski definition) is 3. The first-order valence-corrected chi connectivity index (χ1v) is 3.45. The predicted molar refractivity (Wildman–Crippen MR) is 37.4 cm³/mol. The van der Waals surface area contributed by atoms with E-state index >= 15 is 0 Å². The highest BCUT2D eigenvalue weighted by molar-refractivity contribution is 4.63. The third kappa shape index (κ3) is 2.31. The van der Waals surface area contributed by atoms with E-state index in [0.717, 1.165) is 0 Å². The minimum absolute atomic E-state index is 0.391. The quantitative estimate of drug-likeness (QED) is 0.472. The molecule has 0 aliphatic rings. The van der Waals surface area contributed by atoms with E-state index in [1.54, 1.807) is 13.8 Å². The van der Waals surface area contributed by atoms with Crippen molar-refractivity contribution in [2.24, 2.45) is 0 Å². The molecule has 4 heteroatoms. The van der Waals surface area contributed by atoms with Gasteiger partial charge in [-0.05, 0) is 6.42 Å². The lowest BCUT2D eigenvalue weighted by Crippen LogP contribution is -2.32. The number of rotatable bonds is 4. The Kier molecular flexibility index (Phi) is 3.95. The van der Waals surface area contributed by atoms with Crippen LogP contribution in [0.15, 0.2) is 0 Å². The molecule has 0 fully saturated rings. The second-order valence-corrected chi connectivity index (χ2v) is 2.24. The lowest BCUT2D eigenvalue weighted by molar-refractivity contribution is -0.534. The largest absolute Gasteiger partial charge is 0.386 e. The van der Waals surface area contributed by atoms with E-state index in [4.69, 9.17) is 5.11 Å². The summed E-state index contributed by atoms with van der Waals surface area (Å²) in [6.45, 7) is 3.43. The van der Waals surface area contributed by atoms with Gasteiger partial charge in [-0.15, -0.1) is 0 Å². The predicted octanol–water partition coefficient (Wildman–Crippen LogP) is 0.813. The Bertz CT molecular complexity index is 116. The lowest BCUT2D eigenvalue weighted by atomic mass is 10.1. The van der Waals surface area contributed by atoms with Gasteiger partial charge in [-0.25, -0.2) is 0 Å². The highest BCUT2D eigenvalue weighted by Gasteiger charge is 2.25. The Morgan fingerprint density at radius 2 is 2.00 bits per heavy atom. The van der Waals surface area contributed by atoms with Crippen LogP contribution >= 0.6 is 0 Å². The standard InChI is InChI=1S/C6H13NO3/c1-3-5(7(9)10)6(8)4-2/h5-6,8H,3-4H2,1-2H3/t5-,6-/m0/s1. The van der Waals surface area contributed by atoms with Crippen LogP contribution in [0.1, 0.15) is 26.7 Å². The summed E-state index contributed by atoms with van der Waals surface area (Å²) in [7, 11) is 0. The van der Waals surface area contributed by atoms with E-state index < -0.39 is 17.1 Å². The van der Waals surface area contributed by atoms with Gasteiger partial charge in [0.2, 0.25) is 6.04 Å². The van der Waals surface area contributed by atoms with Gasteiger partial charge in [0.25, 0.3) is 0 Å². The summed E-state index contributed by atoms with van der Waals surface area (Å²) in [5.74, 6) is 0. The zero-order chi connectivity index (χ0) is 8.15. The molecule has 0 aromatic carbocycles. The van der Waals surface area contributed by atoms with E-state index in [-0.39, 0.29) is 0 Å². The maximum absolute atomic E-state index is 10.2. The molecule has 1 N–H and O–H groups in total. The van der Waals surface area contributed by atoms with Crippen LogP contribution < -0.4 is 0 Å². The molecule has 0 aromatic heterocycles. The molecule has 0 unspecified atom stereocenters. The second-order valence-electron chi connectivity index (χ2n) is 2.24. The molecule has 0 spiro atoms. The Hall–Kier alpha value is -0.640. The van der Waals surface area contributed by atoms with E-state index in [9.17, 15) is 10.1 Å². The van der Waals surface area contributed by atoms with Crippen molar-refractivity contribution in [1.29, 1.82) is 0 Å². The first-order chi connectivity index (χ1) is 4.63. The molecule has 2 atom stereocenters. The fraction of sp³-hybridized carbons (Fsp3) is 1.00. The molecule has 0 radical (unpaired) electrons. The highest BCUT2D eigenvalue weighted by Crippen LogP contribution is 2.05. The van der Waals surface area contributed by atoms with Crippen LogP contribution in [0.2, 0.25) is 0 Å². The van der Waals surface area contributed by atoms with Crippen LogP contribution in [0.5, 0.6) is 0 Å². The fourth-order valence-corrected chi connectivity index (χ4v) is 0.834. The van der Waals surface area contributed by atoms with Gasteiger partial charge >= 0.3 is 0 Å². The normalized spacial score (nSPS) is 16.3. The van der Waals surface area contributed by atoms with Crippen LogP contribution in [0, 0.1) is 10.1 Å². The molecular formula is C6H13NO3. The number of nitrogens with zero attached hydrogens (tertiary/aromatic N) is 1. The zero-order valence-corrected chi connectivity index (χ0v) is 6.28. The molecular weight excluding hydrogens is 134 g/mol. The van der Waals surface area contributed by atoms with Crippen LogP contribution in [-0.4, -0.2) is 22.2 Å². The summed E-state index contributed by atoms with van der Waals surface area (Å²) in [5, 5.41) is 19.2. The molecule has 0 aromatic rings. The molecule has 0 amide bonds. The molecule has 0 aliphatic carbocycles. The summed E-state index contributed by atoms with van der Waals surface area (Å²) < 4.78 is 0. The topological polar surface area (TPSA) is 63.4 Å². The SMILES string of the molecule is CC[C@H](O)[C@H](CC)[N+](=O)[O-]. The molecule has 4 nitrogen and oxygen atoms in total. The van der Waals surface area contributed by atoms with E-state index in [1.807, 2.05) is 0 Å². The molecule has 0 saturated heterocycles. The lowest BCUT2D eigenvalue weighted by Gasteiger charge is -2.11. The van der Waals surface area contributed by atoms with Crippen molar-refractivity contribution in [2.75, 3.05) is 0 Å². The smallest absolute Gasteiger partial charge is 0.238 e. The maximum atomic E-state index is 10.2. The van der Waals surface area contributed by atoms with Crippen molar-refractivity contribution in [3.8, 4) is 0 Å². The monoisotopic (exact) mass is 147 g/mol. The maximum Gasteiger partial charge on any atom is 0.238 e. The van der Waals surface area contributed by atoms with Crippen LogP contribution in [0.25, 0.3) is 0 Å². The zero-order valence-electron chi connectivity index (χ0n) is 6.28. The summed E-state index contributed by atoms with van der Waals surface area (Å²) in [6, 6.07) is -0.787. The average Bonchev–Trinajstić information content (AvgIpc) is 1.88. The Balaban J connectivity index is 3.92. The highest BCUT2D eigenvalue weighted by atomic mass is 16.6. The van der Waals surface area contributed by atoms with Gasteiger partial charge in [-0.3, -0.25) is 10.1 Å². The molecule has 0 heterocycles. The minimum Gasteiger partial charge on any atom is -0.386 e. The summed E-state index contributed by atoms with van der Waals surface area (Å²) in [5.41, 5.74) is 0. The fourth-order valence-electron chi connectivity index (χ4n) is 0.834. The number of aliphatic hydroxyl groups is 1. The van der Waals surface area contributed by atoms with Gasteiger partial charge in [0, 0.05) is 11.3 Å². The molecule has 0 saturated carbocycles. The van der Waals surface area contributed by atoms with Gasteiger partial charge in [0.15, 0.2) is 0 Å². The number of aliphatic hydroxyl groups excluding tert-OH is 1. The summed E-state index contributed by atoms with van der Waals surface area (Å²) in [6.07, 6.45) is 0.0431. The van der Waals surface area contributed by atoms with E-state index in [0.29, 0.717) is 12.8 Å². The van der Waals surface area contributed by atoms with Crippen molar-refractivity contribution in [3.63, 3.8) is 0 Å². The molecule has 0 rings (SSSR count). The van der Waals surface area contributed by atoms with Crippen molar-refractivity contribution >= 4 is 0 Å². The third-order valence-electron chi connectivity index (χ3n) is 1.55. The Morgan fingerprint density at radius 1 is 1.50 bits per heavy atom. The average molecular weight is 147 g/mol. The Labute approximate surface area is 60.0 Å². The first kappa shape index (κ1) is 9.36. The summed E-state index contributed by atoms with van der Waals surface area (Å²) >= 11 is 0. The first-order valence-electron chi connectivity index (χ1n) is 3.45. The van der Waals surface area contributed by atoms with Gasteiger partial charge in [0.1, 0.15) is 6.10 Å². The van der Waals surface area contributed by atoms with Gasteiger partial charge in [-0.1, -0.05) is 13.8 Å². The summed E-state index contributed by atoms with van der Waals surface area (Å²) in [4.78, 5) is 9.75. The second kappa shape index (κ2) is 4.22. The Morgan fingerprint density at radius 3 is 2.10 bits per heavy atom. The number of hydrogen-bond donors (Lipinski definition) is 1. The van der Waals surface area contributed by atoms with Gasteiger partial charge in [0.05, 0.1) is 0 Å². The minimum atomic E-state index is -0.792. The van der Waals surface area contributed by atoms with Crippen molar-refractivity contribution < 1.29 is 10.0 Å². The molecule has 60 valence electrons. The molecule has 10 heavy (non-hydrogen) atoms. The van der Waals surface area contributed by atoms with Crippen LogP contribution in [0.4, 0.5) is 0 Å². The van der Waals surface area contributed by atoms with Crippen molar-refractivity contribution in [1.82, 2.24) is 0 Å². The van der Waals surface area contributed by atoms with Crippen molar-refractivity contribution in [3.05, 3.63) is 10.1 Å². The van der Waals surface area contributed by atoms with Crippen LogP contribution in [-0.2, 0) is 0 Å². The van der Waals surface area contributed by atoms with Gasteiger partial charge < -0.3 is 5.11 Å².